The minimum Gasteiger partial charge on any atom is -0.326 e. The lowest BCUT2D eigenvalue weighted by atomic mass is 10.3. The highest BCUT2D eigenvalue weighted by atomic mass is 32.1. The number of nitrogens with zero attached hydrogens (tertiary/aromatic N) is 4. The Morgan fingerprint density at radius 2 is 2.18 bits per heavy atom. The molecule has 0 saturated heterocycles. The Bertz CT molecular complexity index is 503. The smallest absolute Gasteiger partial charge is 0.147 e. The van der Waals surface area contributed by atoms with Crippen molar-refractivity contribution in [3.05, 3.63) is 34.0 Å². The van der Waals surface area contributed by atoms with Crippen LogP contribution in [-0.4, -0.2) is 26.2 Å². The minimum absolute atomic E-state index is 0.638. The monoisotopic (exact) mass is 249 g/mol. The fourth-order valence-electron chi connectivity index (χ4n) is 2.09. The molecule has 2 aromatic heterocycles. The van der Waals surface area contributed by atoms with Gasteiger partial charge in [0.1, 0.15) is 12.2 Å². The van der Waals surface area contributed by atoms with Crippen molar-refractivity contribution in [3.8, 4) is 0 Å². The van der Waals surface area contributed by atoms with Crippen LogP contribution in [-0.2, 0) is 26.2 Å². The van der Waals surface area contributed by atoms with E-state index in [1.165, 1.54) is 9.75 Å². The van der Waals surface area contributed by atoms with E-state index in [1.54, 1.807) is 11.3 Å². The van der Waals surface area contributed by atoms with Crippen LogP contribution in [0.5, 0.6) is 0 Å². The molecule has 0 fully saturated rings. The lowest BCUT2D eigenvalue weighted by Crippen LogP contribution is -2.32. The van der Waals surface area contributed by atoms with Gasteiger partial charge in [0.2, 0.25) is 0 Å². The van der Waals surface area contributed by atoms with Crippen LogP contribution in [0.3, 0.4) is 0 Å². The molecule has 0 saturated carbocycles. The van der Waals surface area contributed by atoms with Crippen molar-refractivity contribution in [1.82, 2.24) is 19.7 Å². The normalized spacial score (nSPS) is 16.1. The number of aromatic nitrogens is 3. The van der Waals surface area contributed by atoms with Crippen molar-refractivity contribution in [2.24, 2.45) is 5.73 Å². The lowest BCUT2D eigenvalue weighted by Gasteiger charge is -2.26. The second-order valence-corrected chi connectivity index (χ2v) is 5.48. The van der Waals surface area contributed by atoms with Gasteiger partial charge in [-0.3, -0.25) is 4.90 Å². The van der Waals surface area contributed by atoms with Gasteiger partial charge in [-0.1, -0.05) is 0 Å². The van der Waals surface area contributed by atoms with Crippen molar-refractivity contribution < 1.29 is 0 Å². The van der Waals surface area contributed by atoms with Crippen molar-refractivity contribution in [3.63, 3.8) is 0 Å². The fraction of sp³-hybridized carbons (Fsp3) is 0.455. The van der Waals surface area contributed by atoms with Crippen LogP contribution in [0.4, 0.5) is 0 Å². The van der Waals surface area contributed by atoms with Gasteiger partial charge < -0.3 is 10.3 Å². The summed E-state index contributed by atoms with van der Waals surface area (Å²) >= 11 is 1.80. The molecule has 0 amide bonds. The Kier molecular flexibility index (Phi) is 2.92. The van der Waals surface area contributed by atoms with Gasteiger partial charge in [0.05, 0.1) is 6.54 Å². The van der Waals surface area contributed by atoms with Gasteiger partial charge in [-0.2, -0.15) is 0 Å². The zero-order valence-corrected chi connectivity index (χ0v) is 10.4. The van der Waals surface area contributed by atoms with Gasteiger partial charge >= 0.3 is 0 Å². The Morgan fingerprint density at radius 3 is 3.00 bits per heavy atom. The van der Waals surface area contributed by atoms with Crippen molar-refractivity contribution in [1.29, 1.82) is 0 Å². The minimum atomic E-state index is 0.638. The molecule has 0 atom stereocenters. The van der Waals surface area contributed by atoms with E-state index in [4.69, 9.17) is 5.73 Å². The molecular weight excluding hydrogens is 234 g/mol. The van der Waals surface area contributed by atoms with Crippen LogP contribution in [0.15, 0.2) is 18.5 Å². The summed E-state index contributed by atoms with van der Waals surface area (Å²) in [4.78, 5) is 5.02. The third kappa shape index (κ3) is 2.24. The highest BCUT2D eigenvalue weighted by Gasteiger charge is 2.17. The molecule has 3 rings (SSSR count). The molecule has 0 radical (unpaired) electrons. The molecule has 0 unspecified atom stereocenters. The van der Waals surface area contributed by atoms with Crippen molar-refractivity contribution in [2.45, 2.75) is 26.2 Å². The molecule has 2 N–H and O–H groups in total. The molecule has 0 aliphatic carbocycles. The predicted octanol–water partition coefficient (Wildman–Crippen LogP) is 0.814. The first-order chi connectivity index (χ1) is 8.35. The van der Waals surface area contributed by atoms with E-state index in [-0.39, 0.29) is 0 Å². The second-order valence-electron chi connectivity index (χ2n) is 4.22. The van der Waals surface area contributed by atoms with Crippen LogP contribution in [0.25, 0.3) is 0 Å². The number of hydrogen-bond acceptors (Lipinski definition) is 5. The van der Waals surface area contributed by atoms with E-state index in [9.17, 15) is 0 Å². The van der Waals surface area contributed by atoms with Crippen LogP contribution in [0.1, 0.15) is 15.6 Å². The first-order valence-corrected chi connectivity index (χ1v) is 6.53. The molecular formula is C11H15N5S. The average Bonchev–Trinajstić information content (AvgIpc) is 2.96. The first-order valence-electron chi connectivity index (χ1n) is 5.72. The molecule has 0 bridgehead atoms. The number of nitrogens with two attached hydrogens (primary N) is 1. The molecule has 1 aliphatic heterocycles. The van der Waals surface area contributed by atoms with Crippen LogP contribution in [0.2, 0.25) is 0 Å². The summed E-state index contributed by atoms with van der Waals surface area (Å²) in [5.41, 5.74) is 5.62. The maximum atomic E-state index is 5.62. The van der Waals surface area contributed by atoms with E-state index in [0.717, 1.165) is 32.0 Å². The molecule has 6 heteroatoms. The Morgan fingerprint density at radius 1 is 1.29 bits per heavy atom. The maximum Gasteiger partial charge on any atom is 0.147 e. The van der Waals surface area contributed by atoms with Crippen molar-refractivity contribution in [2.75, 3.05) is 6.54 Å². The fourth-order valence-corrected chi connectivity index (χ4v) is 3.03. The highest BCUT2D eigenvalue weighted by molar-refractivity contribution is 7.11. The quantitative estimate of drug-likeness (QED) is 0.874. The second kappa shape index (κ2) is 4.56. The lowest BCUT2D eigenvalue weighted by molar-refractivity contribution is 0.210. The summed E-state index contributed by atoms with van der Waals surface area (Å²) < 4.78 is 2.12. The van der Waals surface area contributed by atoms with Gasteiger partial charge in [0, 0.05) is 35.9 Å². The number of fused-ring (bicyclic) bond motifs is 1. The third-order valence-corrected chi connectivity index (χ3v) is 4.11. The molecule has 0 aromatic carbocycles. The zero-order chi connectivity index (χ0) is 11.7. The number of rotatable bonds is 3. The number of hydrogen-bond donors (Lipinski definition) is 1. The number of thiophene rings is 1. The summed E-state index contributed by atoms with van der Waals surface area (Å²) in [6.07, 6.45) is 1.81. The van der Waals surface area contributed by atoms with Crippen LogP contribution in [0, 0.1) is 0 Å². The Hall–Kier alpha value is -1.24. The molecule has 90 valence electrons. The van der Waals surface area contributed by atoms with Gasteiger partial charge in [-0.05, 0) is 12.1 Å². The SMILES string of the molecule is NCc1ccc(CN2CCn3cnnc3C2)s1. The molecule has 2 aromatic rings. The van der Waals surface area contributed by atoms with Gasteiger partial charge in [-0.25, -0.2) is 0 Å². The first kappa shape index (κ1) is 10.9. The van der Waals surface area contributed by atoms with Crippen LogP contribution < -0.4 is 5.73 Å². The summed E-state index contributed by atoms with van der Waals surface area (Å²) in [5.74, 6) is 1.06. The summed E-state index contributed by atoms with van der Waals surface area (Å²) in [6, 6.07) is 4.29. The largest absolute Gasteiger partial charge is 0.326 e. The van der Waals surface area contributed by atoms with Crippen molar-refractivity contribution >= 4 is 11.3 Å². The standard InChI is InChI=1S/C11H15N5S/c12-5-9-1-2-10(17-9)6-15-3-4-16-8-13-14-11(16)7-15/h1-2,8H,3-7,12H2. The third-order valence-electron chi connectivity index (χ3n) is 3.02. The Balaban J connectivity index is 1.67. The highest BCUT2D eigenvalue weighted by Crippen LogP contribution is 2.20. The molecule has 17 heavy (non-hydrogen) atoms. The summed E-state index contributed by atoms with van der Waals surface area (Å²) in [7, 11) is 0. The summed E-state index contributed by atoms with van der Waals surface area (Å²) in [6.45, 7) is 4.55. The van der Waals surface area contributed by atoms with E-state index in [1.807, 2.05) is 6.33 Å². The van der Waals surface area contributed by atoms with Gasteiger partial charge in [0.15, 0.2) is 0 Å². The van der Waals surface area contributed by atoms with E-state index in [0.29, 0.717) is 6.54 Å². The van der Waals surface area contributed by atoms with E-state index < -0.39 is 0 Å². The van der Waals surface area contributed by atoms with Crippen LogP contribution >= 0.6 is 11.3 Å². The topological polar surface area (TPSA) is 60.0 Å². The predicted molar refractivity (Wildman–Crippen MR) is 66.3 cm³/mol. The van der Waals surface area contributed by atoms with E-state index >= 15 is 0 Å². The molecule has 1 aliphatic rings. The average molecular weight is 249 g/mol. The molecule has 0 spiro atoms. The Labute approximate surface area is 104 Å². The van der Waals surface area contributed by atoms with Gasteiger partial charge in [-0.15, -0.1) is 21.5 Å². The van der Waals surface area contributed by atoms with Gasteiger partial charge in [0.25, 0.3) is 0 Å². The molecule has 5 nitrogen and oxygen atoms in total. The summed E-state index contributed by atoms with van der Waals surface area (Å²) in [5, 5.41) is 8.06. The zero-order valence-electron chi connectivity index (χ0n) is 9.54. The molecule has 3 heterocycles. The van der Waals surface area contributed by atoms with E-state index in [2.05, 4.69) is 31.8 Å². The maximum absolute atomic E-state index is 5.62.